The molecule has 1 aromatic heterocycles. The topological polar surface area (TPSA) is 103 Å². The molecule has 0 spiro atoms. The number of amides is 1. The lowest BCUT2D eigenvalue weighted by Gasteiger charge is -2.09. The van der Waals surface area contributed by atoms with Crippen molar-refractivity contribution in [3.63, 3.8) is 0 Å². The smallest absolute Gasteiger partial charge is 0.324 e. The van der Waals surface area contributed by atoms with Crippen molar-refractivity contribution in [2.24, 2.45) is 5.10 Å². The Labute approximate surface area is 141 Å². The van der Waals surface area contributed by atoms with Crippen LogP contribution in [0.15, 0.2) is 35.4 Å². The van der Waals surface area contributed by atoms with E-state index in [9.17, 15) is 14.9 Å². The second-order valence-electron chi connectivity index (χ2n) is 4.59. The number of thiophene rings is 1. The fraction of sp³-hybridized carbons (Fsp3) is 0.200. The van der Waals surface area contributed by atoms with Gasteiger partial charge in [-0.3, -0.25) is 14.9 Å². The molecule has 1 heterocycles. The van der Waals surface area contributed by atoms with Crippen LogP contribution in [0, 0.1) is 10.1 Å². The van der Waals surface area contributed by atoms with Crippen LogP contribution in [0.2, 0.25) is 0 Å². The van der Waals surface area contributed by atoms with E-state index in [2.05, 4.69) is 10.5 Å². The third-order valence-corrected chi connectivity index (χ3v) is 3.96. The third kappa shape index (κ3) is 4.53. The van der Waals surface area contributed by atoms with E-state index >= 15 is 0 Å². The number of carbonyl (C=O) groups is 1. The molecule has 1 N–H and O–H groups in total. The minimum Gasteiger partial charge on any atom is -0.493 e. The second kappa shape index (κ2) is 8.06. The predicted molar refractivity (Wildman–Crippen MR) is 90.0 cm³/mol. The van der Waals surface area contributed by atoms with Crippen LogP contribution >= 0.6 is 11.3 Å². The number of benzene rings is 1. The van der Waals surface area contributed by atoms with Gasteiger partial charge in [-0.05, 0) is 23.8 Å². The van der Waals surface area contributed by atoms with Crippen molar-refractivity contribution in [1.29, 1.82) is 0 Å². The highest BCUT2D eigenvalue weighted by Gasteiger charge is 2.09. The number of carbonyl (C=O) groups excluding carboxylic acids is 1. The highest BCUT2D eigenvalue weighted by Crippen LogP contribution is 2.27. The lowest BCUT2D eigenvalue weighted by atomic mass is 10.1. The van der Waals surface area contributed by atoms with Gasteiger partial charge in [0.15, 0.2) is 11.5 Å². The molecule has 1 aromatic carbocycles. The fourth-order valence-corrected chi connectivity index (χ4v) is 2.59. The van der Waals surface area contributed by atoms with E-state index in [0.29, 0.717) is 16.4 Å². The number of rotatable bonds is 7. The number of ether oxygens (including phenoxy) is 2. The molecule has 0 aliphatic heterocycles. The van der Waals surface area contributed by atoms with Gasteiger partial charge >= 0.3 is 5.00 Å². The van der Waals surface area contributed by atoms with Crippen LogP contribution in [0.25, 0.3) is 0 Å². The first-order valence-corrected chi connectivity index (χ1v) is 7.62. The molecule has 0 radical (unpaired) electrons. The Balaban J connectivity index is 1.93. The summed E-state index contributed by atoms with van der Waals surface area (Å²) in [5.41, 5.74) is 3.12. The van der Waals surface area contributed by atoms with Crippen molar-refractivity contribution in [2.75, 3.05) is 14.2 Å². The normalized spacial score (nSPS) is 10.6. The minimum absolute atomic E-state index is 0.0214. The van der Waals surface area contributed by atoms with E-state index in [0.717, 1.165) is 16.9 Å². The summed E-state index contributed by atoms with van der Waals surface area (Å²) in [6.07, 6.45) is 1.48. The Morgan fingerprint density at radius 2 is 2.04 bits per heavy atom. The summed E-state index contributed by atoms with van der Waals surface area (Å²) in [6, 6.07) is 8.14. The van der Waals surface area contributed by atoms with E-state index in [1.54, 1.807) is 24.3 Å². The Morgan fingerprint density at radius 3 is 2.67 bits per heavy atom. The van der Waals surface area contributed by atoms with Gasteiger partial charge in [-0.2, -0.15) is 5.10 Å². The van der Waals surface area contributed by atoms with Gasteiger partial charge in [-0.1, -0.05) is 17.4 Å². The van der Waals surface area contributed by atoms with Crippen LogP contribution < -0.4 is 14.9 Å². The molecule has 0 unspecified atom stereocenters. The van der Waals surface area contributed by atoms with E-state index in [1.165, 1.54) is 26.5 Å². The lowest BCUT2D eigenvalue weighted by molar-refractivity contribution is -0.380. The lowest BCUT2D eigenvalue weighted by Crippen LogP contribution is -2.19. The third-order valence-electron chi connectivity index (χ3n) is 2.99. The number of hydrazone groups is 1. The molecule has 9 heteroatoms. The molecule has 24 heavy (non-hydrogen) atoms. The minimum atomic E-state index is -0.475. The summed E-state index contributed by atoms with van der Waals surface area (Å²) in [5.74, 6) is 0.806. The maximum atomic E-state index is 11.9. The standard InChI is InChI=1S/C15H15N3O5S/c1-22-12-5-3-10(7-13(12)23-2)8-14(19)17-16-9-11-4-6-15(24-11)18(20)21/h3-7,9H,8H2,1-2H3,(H,17,19)/b16-9-. The van der Waals surface area contributed by atoms with Gasteiger partial charge in [0.2, 0.25) is 5.91 Å². The van der Waals surface area contributed by atoms with Crippen molar-refractivity contribution in [2.45, 2.75) is 6.42 Å². The van der Waals surface area contributed by atoms with Crippen LogP contribution in [0.5, 0.6) is 11.5 Å². The average Bonchev–Trinajstić information content (AvgIpc) is 3.04. The van der Waals surface area contributed by atoms with Crippen molar-refractivity contribution in [1.82, 2.24) is 5.43 Å². The molecule has 2 aromatic rings. The first kappa shape index (κ1) is 17.4. The Hall–Kier alpha value is -2.94. The zero-order valence-corrected chi connectivity index (χ0v) is 13.8. The van der Waals surface area contributed by atoms with E-state index in [-0.39, 0.29) is 17.3 Å². The van der Waals surface area contributed by atoms with E-state index in [1.807, 2.05) is 0 Å². The van der Waals surface area contributed by atoms with Crippen LogP contribution in [-0.2, 0) is 11.2 Å². The number of methoxy groups -OCH3 is 2. The first-order valence-electron chi connectivity index (χ1n) is 6.80. The average molecular weight is 349 g/mol. The Kier molecular flexibility index (Phi) is 5.85. The molecule has 0 saturated carbocycles. The molecular weight excluding hydrogens is 334 g/mol. The highest BCUT2D eigenvalue weighted by atomic mass is 32.1. The largest absolute Gasteiger partial charge is 0.493 e. The molecule has 2 rings (SSSR count). The van der Waals surface area contributed by atoms with Crippen LogP contribution in [0.3, 0.4) is 0 Å². The van der Waals surface area contributed by atoms with E-state index < -0.39 is 4.92 Å². The van der Waals surface area contributed by atoms with Gasteiger partial charge in [0.05, 0.1) is 36.7 Å². The summed E-state index contributed by atoms with van der Waals surface area (Å²) in [4.78, 5) is 22.6. The summed E-state index contributed by atoms with van der Waals surface area (Å²) in [5, 5.41) is 14.4. The molecule has 0 aliphatic carbocycles. The molecule has 0 atom stereocenters. The summed E-state index contributed by atoms with van der Waals surface area (Å²) < 4.78 is 10.3. The zero-order chi connectivity index (χ0) is 17.5. The van der Waals surface area contributed by atoms with Gasteiger partial charge in [-0.15, -0.1) is 0 Å². The molecule has 0 saturated heterocycles. The Morgan fingerprint density at radius 1 is 1.29 bits per heavy atom. The molecule has 0 fully saturated rings. The molecular formula is C15H15N3O5S. The fourth-order valence-electron chi connectivity index (χ4n) is 1.89. The molecule has 8 nitrogen and oxygen atoms in total. The Bertz CT molecular complexity index is 772. The van der Waals surface area contributed by atoms with Crippen molar-refractivity contribution in [3.8, 4) is 11.5 Å². The van der Waals surface area contributed by atoms with Crippen LogP contribution in [0.4, 0.5) is 5.00 Å². The van der Waals surface area contributed by atoms with Crippen LogP contribution in [0.1, 0.15) is 10.4 Å². The van der Waals surface area contributed by atoms with Crippen molar-refractivity contribution in [3.05, 3.63) is 50.9 Å². The molecule has 0 aliphatic rings. The monoisotopic (exact) mass is 349 g/mol. The SMILES string of the molecule is COc1ccc(CC(=O)N/N=C\c2ccc([N+](=O)[O-])s2)cc1OC. The van der Waals surface area contributed by atoms with Gasteiger partial charge in [0, 0.05) is 6.07 Å². The van der Waals surface area contributed by atoms with Crippen molar-refractivity contribution >= 4 is 28.5 Å². The van der Waals surface area contributed by atoms with Gasteiger partial charge in [0.1, 0.15) is 0 Å². The molecule has 126 valence electrons. The predicted octanol–water partition coefficient (Wildman–Crippen LogP) is 2.37. The maximum absolute atomic E-state index is 11.9. The number of nitrogens with zero attached hydrogens (tertiary/aromatic N) is 2. The number of nitro groups is 1. The van der Waals surface area contributed by atoms with Gasteiger partial charge in [0.25, 0.3) is 0 Å². The zero-order valence-electron chi connectivity index (χ0n) is 13.0. The van der Waals surface area contributed by atoms with Crippen LogP contribution in [-0.4, -0.2) is 31.3 Å². The molecule has 0 bridgehead atoms. The van der Waals surface area contributed by atoms with E-state index in [4.69, 9.17) is 9.47 Å². The maximum Gasteiger partial charge on any atom is 0.324 e. The number of hydrogen-bond donors (Lipinski definition) is 1. The summed E-state index contributed by atoms with van der Waals surface area (Å²) >= 11 is 0.976. The highest BCUT2D eigenvalue weighted by molar-refractivity contribution is 7.16. The molecule has 1 amide bonds. The summed E-state index contributed by atoms with van der Waals surface area (Å²) in [7, 11) is 3.06. The van der Waals surface area contributed by atoms with Gasteiger partial charge in [-0.25, -0.2) is 5.43 Å². The second-order valence-corrected chi connectivity index (χ2v) is 5.69. The van der Waals surface area contributed by atoms with Crippen molar-refractivity contribution < 1.29 is 19.2 Å². The first-order chi connectivity index (χ1) is 11.5. The number of hydrogen-bond acceptors (Lipinski definition) is 7. The quantitative estimate of drug-likeness (QED) is 0.469. The summed E-state index contributed by atoms with van der Waals surface area (Å²) in [6.45, 7) is 0. The number of nitrogens with one attached hydrogen (secondary N) is 1. The van der Waals surface area contributed by atoms with Gasteiger partial charge < -0.3 is 9.47 Å².